The normalized spacial score (nSPS) is 11.7. The summed E-state index contributed by atoms with van der Waals surface area (Å²) in [6.45, 7) is 1.98. The molecule has 1 N–H and O–H groups in total. The average Bonchev–Trinajstić information content (AvgIpc) is 3.29. The Morgan fingerprint density at radius 3 is 2.66 bits per heavy atom. The molecule has 0 aliphatic heterocycles. The summed E-state index contributed by atoms with van der Waals surface area (Å²) in [4.78, 5) is 28.5. The number of nitrogens with zero attached hydrogens (tertiary/aromatic N) is 2. The predicted octanol–water partition coefficient (Wildman–Crippen LogP) is 0.0918. The number of thioether (sulfide) groups is 1. The molecule has 160 valence electrons. The first kappa shape index (κ1) is 25.9. The van der Waals surface area contributed by atoms with Gasteiger partial charge >= 0.3 is 29.6 Å². The topological polar surface area (TPSA) is 87.0 Å². The first-order valence-electron chi connectivity index (χ1n) is 9.86. The number of benzene rings is 2. The van der Waals surface area contributed by atoms with Crippen LogP contribution in [0.1, 0.15) is 27.9 Å². The van der Waals surface area contributed by atoms with Gasteiger partial charge in [0.15, 0.2) is 0 Å². The number of carboxylic acids is 1. The van der Waals surface area contributed by atoms with E-state index in [4.69, 9.17) is 0 Å². The maximum Gasteiger partial charge on any atom is 1.00 e. The van der Waals surface area contributed by atoms with Crippen molar-refractivity contribution in [2.75, 3.05) is 12.0 Å². The summed E-state index contributed by atoms with van der Waals surface area (Å²) in [6, 6.07) is 12.2. The number of carbonyl (C=O) groups is 2. The van der Waals surface area contributed by atoms with E-state index in [1.807, 2.05) is 72.6 Å². The second-order valence-corrected chi connectivity index (χ2v) is 8.06. The van der Waals surface area contributed by atoms with E-state index in [0.29, 0.717) is 17.7 Å². The van der Waals surface area contributed by atoms with Crippen molar-refractivity contribution < 1.29 is 44.3 Å². The van der Waals surface area contributed by atoms with E-state index in [9.17, 15) is 14.7 Å². The van der Waals surface area contributed by atoms with Crippen molar-refractivity contribution in [1.29, 1.82) is 0 Å². The number of hydrogen-bond donors (Lipinski definition) is 1. The molecule has 6 nitrogen and oxygen atoms in total. The second-order valence-electron chi connectivity index (χ2n) is 7.07. The summed E-state index contributed by atoms with van der Waals surface area (Å²) < 4.78 is 1.82. The van der Waals surface area contributed by atoms with Crippen LogP contribution in [0, 0.1) is 6.92 Å². The minimum absolute atomic E-state index is 0. The number of rotatable bonds is 9. The summed E-state index contributed by atoms with van der Waals surface area (Å²) in [5, 5.41) is 14.1. The van der Waals surface area contributed by atoms with Crippen LogP contribution in [-0.4, -0.2) is 39.5 Å². The zero-order valence-corrected chi connectivity index (χ0v) is 21.3. The van der Waals surface area contributed by atoms with Crippen molar-refractivity contribution in [2.24, 2.45) is 0 Å². The van der Waals surface area contributed by atoms with Crippen LogP contribution in [0.25, 0.3) is 23.4 Å². The largest absolute Gasteiger partial charge is 1.00 e. The number of hydrogen-bond acceptors (Lipinski definition) is 5. The third kappa shape index (κ3) is 6.84. The van der Waals surface area contributed by atoms with Gasteiger partial charge in [-0.1, -0.05) is 30.3 Å². The van der Waals surface area contributed by atoms with Gasteiger partial charge in [-0.05, 0) is 65.8 Å². The number of aryl methyl sites for hydroxylation is 1. The van der Waals surface area contributed by atoms with Crippen LogP contribution >= 0.6 is 11.8 Å². The quantitative estimate of drug-likeness (QED) is 0.461. The minimum atomic E-state index is -1.28. The Hall–Kier alpha value is -2.32. The molecule has 32 heavy (non-hydrogen) atoms. The van der Waals surface area contributed by atoms with Gasteiger partial charge in [-0.3, -0.25) is 4.79 Å². The van der Waals surface area contributed by atoms with Gasteiger partial charge in [0.05, 0.1) is 18.3 Å². The van der Waals surface area contributed by atoms with E-state index in [1.165, 1.54) is 11.8 Å². The number of imidazole rings is 1. The molecule has 1 unspecified atom stereocenters. The Balaban J connectivity index is 0.00000363. The number of nitrogens with one attached hydrogen (secondary N) is 1. The molecular formula is C24H24N3NaO3S. The van der Waals surface area contributed by atoms with E-state index >= 15 is 0 Å². The third-order valence-electron chi connectivity index (χ3n) is 4.89. The summed E-state index contributed by atoms with van der Waals surface area (Å²) >= 11 is 1.52. The summed E-state index contributed by atoms with van der Waals surface area (Å²) in [5.41, 5.74) is 4.00. The molecule has 8 heteroatoms. The van der Waals surface area contributed by atoms with Crippen LogP contribution < -0.4 is 40.0 Å². The molecule has 3 aromatic rings. The molecule has 0 saturated heterocycles. The first-order chi connectivity index (χ1) is 15.0. The molecule has 1 heterocycles. The molecular weight excluding hydrogens is 433 g/mol. The van der Waals surface area contributed by atoms with Gasteiger partial charge in [0.2, 0.25) is 0 Å². The summed E-state index contributed by atoms with van der Waals surface area (Å²) in [6.07, 6.45) is 11.2. The van der Waals surface area contributed by atoms with Crippen LogP contribution in [0.5, 0.6) is 0 Å². The summed E-state index contributed by atoms with van der Waals surface area (Å²) in [7, 11) is 0. The molecule has 2 aromatic carbocycles. The Bertz CT molecular complexity index is 1080. The Morgan fingerprint density at radius 2 is 2.00 bits per heavy atom. The van der Waals surface area contributed by atoms with Gasteiger partial charge in [-0.2, -0.15) is 11.8 Å². The van der Waals surface area contributed by atoms with Gasteiger partial charge in [0, 0.05) is 24.2 Å². The standard InChI is InChI=1S/C24H25N3O3S.Na/c1-17-5-3-4-6-19(17)21-15-18(9-12-27-13-11-25-16-27)7-8-20(21)23(28)26-22(24(29)30)10-14-31-2;/h3-9,11-13,15-16,22H,10,14H2,1-2H3,(H,26,28)(H,29,30);/q;+1/p-1/b12-9+;. The maximum absolute atomic E-state index is 13.0. The fourth-order valence-electron chi connectivity index (χ4n) is 3.21. The summed E-state index contributed by atoms with van der Waals surface area (Å²) in [5.74, 6) is -1.10. The van der Waals surface area contributed by atoms with Gasteiger partial charge in [0.1, 0.15) is 0 Å². The molecule has 0 aliphatic rings. The van der Waals surface area contributed by atoms with Crippen molar-refractivity contribution in [2.45, 2.75) is 19.4 Å². The van der Waals surface area contributed by atoms with Crippen LogP contribution in [0.2, 0.25) is 0 Å². The molecule has 1 aromatic heterocycles. The van der Waals surface area contributed by atoms with E-state index in [2.05, 4.69) is 10.3 Å². The van der Waals surface area contributed by atoms with E-state index < -0.39 is 17.9 Å². The van der Waals surface area contributed by atoms with Crippen molar-refractivity contribution in [3.05, 3.63) is 77.9 Å². The van der Waals surface area contributed by atoms with Crippen molar-refractivity contribution in [3.63, 3.8) is 0 Å². The fraction of sp³-hybridized carbons (Fsp3) is 0.208. The van der Waals surface area contributed by atoms with Gasteiger partial charge in [-0.15, -0.1) is 0 Å². The first-order valence-corrected chi connectivity index (χ1v) is 11.3. The van der Waals surface area contributed by atoms with E-state index in [-0.39, 0.29) is 29.6 Å². The Labute approximate surface area is 214 Å². The molecule has 0 fully saturated rings. The molecule has 0 aliphatic carbocycles. The van der Waals surface area contributed by atoms with Crippen LogP contribution in [-0.2, 0) is 4.79 Å². The van der Waals surface area contributed by atoms with Gasteiger partial charge in [-0.25, -0.2) is 4.98 Å². The zero-order chi connectivity index (χ0) is 22.2. The van der Waals surface area contributed by atoms with Crippen LogP contribution in [0.4, 0.5) is 0 Å². The van der Waals surface area contributed by atoms with Crippen LogP contribution in [0.15, 0.2) is 61.2 Å². The number of carbonyl (C=O) groups excluding carboxylic acids is 2. The van der Waals surface area contributed by atoms with Gasteiger partial charge in [0.25, 0.3) is 5.91 Å². The smallest absolute Gasteiger partial charge is 0.548 e. The number of aromatic nitrogens is 2. The molecule has 0 spiro atoms. The van der Waals surface area contributed by atoms with E-state index in [0.717, 1.165) is 22.3 Å². The Kier molecular flexibility index (Phi) is 10.3. The zero-order valence-electron chi connectivity index (χ0n) is 18.4. The third-order valence-corrected chi connectivity index (χ3v) is 5.53. The van der Waals surface area contributed by atoms with Gasteiger partial charge < -0.3 is 19.8 Å². The second kappa shape index (κ2) is 12.6. The maximum atomic E-state index is 13.0. The number of aliphatic carboxylic acids is 1. The van der Waals surface area contributed by atoms with Crippen molar-refractivity contribution in [3.8, 4) is 11.1 Å². The SMILES string of the molecule is CSCCC(NC(=O)c1ccc(/C=C/n2ccnc2)cc1-c1ccccc1C)C(=O)[O-].[Na+]. The predicted molar refractivity (Wildman–Crippen MR) is 123 cm³/mol. The molecule has 0 bridgehead atoms. The number of amides is 1. The minimum Gasteiger partial charge on any atom is -0.548 e. The number of carboxylic acid groups (broad SMARTS) is 1. The molecule has 1 amide bonds. The fourth-order valence-corrected chi connectivity index (χ4v) is 3.68. The van der Waals surface area contributed by atoms with Crippen molar-refractivity contribution in [1.82, 2.24) is 14.9 Å². The molecule has 1 atom stereocenters. The molecule has 0 saturated carbocycles. The van der Waals surface area contributed by atoms with Crippen molar-refractivity contribution >= 4 is 35.9 Å². The van der Waals surface area contributed by atoms with Crippen LogP contribution in [0.3, 0.4) is 0 Å². The average molecular weight is 458 g/mol. The Morgan fingerprint density at radius 1 is 1.22 bits per heavy atom. The van der Waals surface area contributed by atoms with E-state index in [1.54, 1.807) is 18.6 Å². The molecule has 3 rings (SSSR count). The monoisotopic (exact) mass is 457 g/mol. The molecule has 0 radical (unpaired) electrons.